The van der Waals surface area contributed by atoms with Crippen LogP contribution >= 0.6 is 11.6 Å². The molecular weight excluding hydrogens is 463 g/mol. The van der Waals surface area contributed by atoms with Crippen LogP contribution in [0.1, 0.15) is 47.7 Å². The summed E-state index contributed by atoms with van der Waals surface area (Å²) >= 11 is 6.17. The Bertz CT molecular complexity index is 1350. The number of carbonyl (C=O) groups is 1. The maximum Gasteiger partial charge on any atom is 0.219 e. The van der Waals surface area contributed by atoms with E-state index >= 15 is 0 Å². The van der Waals surface area contributed by atoms with Gasteiger partial charge in [0.15, 0.2) is 0 Å². The highest BCUT2D eigenvalue weighted by Gasteiger charge is 2.30. The van der Waals surface area contributed by atoms with Crippen LogP contribution in [0.3, 0.4) is 0 Å². The molecule has 0 bridgehead atoms. The van der Waals surface area contributed by atoms with E-state index in [0.29, 0.717) is 41.8 Å². The molecule has 5 rings (SSSR count). The number of pyridine rings is 1. The summed E-state index contributed by atoms with van der Waals surface area (Å²) in [4.78, 5) is 21.3. The molecule has 180 valence electrons. The van der Waals surface area contributed by atoms with Gasteiger partial charge in [0, 0.05) is 73.6 Å². The van der Waals surface area contributed by atoms with Gasteiger partial charge in [0.1, 0.15) is 5.82 Å². The van der Waals surface area contributed by atoms with Crippen LogP contribution in [-0.4, -0.2) is 26.8 Å². The van der Waals surface area contributed by atoms with Gasteiger partial charge in [0.2, 0.25) is 5.91 Å². The van der Waals surface area contributed by atoms with Crippen LogP contribution < -0.4 is 5.32 Å². The second kappa shape index (κ2) is 10.2. The largest absolute Gasteiger partial charge is 0.360 e. The van der Waals surface area contributed by atoms with Crippen LogP contribution in [0.2, 0.25) is 5.02 Å². The first kappa shape index (κ1) is 23.5. The summed E-state index contributed by atoms with van der Waals surface area (Å²) in [5, 5.41) is 4.73. The topological polar surface area (TPSA) is 61.0 Å². The van der Waals surface area contributed by atoms with Crippen molar-refractivity contribution in [3.63, 3.8) is 0 Å². The number of nitrogens with one attached hydrogen (secondary N) is 2. The van der Waals surface area contributed by atoms with Crippen LogP contribution in [0.15, 0.2) is 60.9 Å². The fraction of sp³-hybridized carbons (Fsp3) is 0.286. The standard InChI is InChI=1S/C28H28ClFN4O/c1-18(35)34(24-6-7-24)17-20-4-2-19(3-5-20)10-23-11-21(8-9-32-23)14-31-15-22-12-25-26(29)16-33-28(25)13-27(22)30/h2-5,8-9,11-13,16,24,31,33H,6-7,10,14-15,17H2,1H3. The minimum Gasteiger partial charge on any atom is -0.360 e. The summed E-state index contributed by atoms with van der Waals surface area (Å²) in [6, 6.07) is 16.2. The fourth-order valence-corrected chi connectivity index (χ4v) is 4.63. The third-order valence-corrected chi connectivity index (χ3v) is 6.79. The smallest absolute Gasteiger partial charge is 0.219 e. The lowest BCUT2D eigenvalue weighted by atomic mass is 10.1. The molecule has 2 aromatic carbocycles. The lowest BCUT2D eigenvalue weighted by Gasteiger charge is -2.20. The van der Waals surface area contributed by atoms with Crippen LogP contribution in [0.4, 0.5) is 4.39 Å². The predicted octanol–water partition coefficient (Wildman–Crippen LogP) is 5.75. The highest BCUT2D eigenvalue weighted by atomic mass is 35.5. The van der Waals surface area contributed by atoms with E-state index in [1.165, 1.54) is 11.6 Å². The van der Waals surface area contributed by atoms with Gasteiger partial charge in [-0.15, -0.1) is 0 Å². The highest BCUT2D eigenvalue weighted by Crippen LogP contribution is 2.28. The van der Waals surface area contributed by atoms with Gasteiger partial charge in [-0.3, -0.25) is 9.78 Å². The number of rotatable bonds is 9. The molecule has 0 spiro atoms. The van der Waals surface area contributed by atoms with E-state index in [0.717, 1.165) is 41.5 Å². The number of H-pyrrole nitrogens is 1. The van der Waals surface area contributed by atoms with E-state index in [9.17, 15) is 9.18 Å². The Balaban J connectivity index is 1.17. The van der Waals surface area contributed by atoms with Crippen molar-refractivity contribution in [3.8, 4) is 0 Å². The molecule has 1 amide bonds. The fourth-order valence-electron chi connectivity index (χ4n) is 4.42. The van der Waals surface area contributed by atoms with E-state index < -0.39 is 0 Å². The Morgan fingerprint density at radius 3 is 2.63 bits per heavy atom. The molecular formula is C28H28ClFN4O. The summed E-state index contributed by atoms with van der Waals surface area (Å²) in [6.45, 7) is 3.33. The van der Waals surface area contributed by atoms with E-state index in [4.69, 9.17) is 11.6 Å². The van der Waals surface area contributed by atoms with Crippen molar-refractivity contribution in [2.75, 3.05) is 0 Å². The molecule has 5 nitrogen and oxygen atoms in total. The van der Waals surface area contributed by atoms with Crippen LogP contribution in [-0.2, 0) is 30.8 Å². The molecule has 0 saturated heterocycles. The number of hydrogen-bond donors (Lipinski definition) is 2. The van der Waals surface area contributed by atoms with E-state index in [1.54, 1.807) is 19.2 Å². The van der Waals surface area contributed by atoms with Crippen LogP contribution in [0, 0.1) is 5.82 Å². The molecule has 1 aliphatic rings. The van der Waals surface area contributed by atoms with Crippen molar-refractivity contribution in [3.05, 3.63) is 99.7 Å². The van der Waals surface area contributed by atoms with Crippen LogP contribution in [0.25, 0.3) is 10.9 Å². The Labute approximate surface area is 209 Å². The zero-order chi connectivity index (χ0) is 24.4. The van der Waals surface area contributed by atoms with Crippen molar-refractivity contribution in [1.82, 2.24) is 20.2 Å². The molecule has 0 radical (unpaired) electrons. The molecule has 35 heavy (non-hydrogen) atoms. The quantitative estimate of drug-likeness (QED) is 0.314. The van der Waals surface area contributed by atoms with Gasteiger partial charge < -0.3 is 15.2 Å². The minimum absolute atomic E-state index is 0.141. The van der Waals surface area contributed by atoms with Crippen molar-refractivity contribution in [1.29, 1.82) is 0 Å². The Kier molecular flexibility index (Phi) is 6.84. The third-order valence-electron chi connectivity index (χ3n) is 6.48. The van der Waals surface area contributed by atoms with Gasteiger partial charge >= 0.3 is 0 Å². The Morgan fingerprint density at radius 2 is 1.89 bits per heavy atom. The molecule has 0 unspecified atom stereocenters. The van der Waals surface area contributed by atoms with E-state index in [2.05, 4.69) is 45.6 Å². The second-order valence-electron chi connectivity index (χ2n) is 9.26. The number of aromatic nitrogens is 2. The minimum atomic E-state index is -0.258. The first-order valence-corrected chi connectivity index (χ1v) is 12.3. The molecule has 2 aromatic heterocycles. The molecule has 2 N–H and O–H groups in total. The van der Waals surface area contributed by atoms with Gasteiger partial charge in [-0.1, -0.05) is 35.9 Å². The zero-order valence-corrected chi connectivity index (χ0v) is 20.4. The number of amides is 1. The van der Waals surface area contributed by atoms with Gasteiger partial charge in [0.05, 0.1) is 5.02 Å². The number of halogens is 2. The van der Waals surface area contributed by atoms with Crippen molar-refractivity contribution in [2.45, 2.75) is 51.9 Å². The lowest BCUT2D eigenvalue weighted by molar-refractivity contribution is -0.130. The molecule has 0 atom stereocenters. The number of fused-ring (bicyclic) bond motifs is 1. The molecule has 2 heterocycles. The molecule has 7 heteroatoms. The first-order valence-electron chi connectivity index (χ1n) is 11.9. The SMILES string of the molecule is CC(=O)N(Cc1ccc(Cc2cc(CNCc3cc4c(Cl)c[nH]c4cc3F)ccn2)cc1)C1CC1. The van der Waals surface area contributed by atoms with E-state index in [-0.39, 0.29) is 11.7 Å². The third kappa shape index (κ3) is 5.72. The maximum absolute atomic E-state index is 14.4. The monoisotopic (exact) mass is 490 g/mol. The summed E-state index contributed by atoms with van der Waals surface area (Å²) in [6.07, 6.45) is 6.43. The van der Waals surface area contributed by atoms with Gasteiger partial charge in [-0.05, 0) is 53.8 Å². The number of carbonyl (C=O) groups excluding carboxylic acids is 1. The maximum atomic E-state index is 14.4. The number of hydrogen-bond acceptors (Lipinski definition) is 3. The van der Waals surface area contributed by atoms with Crippen molar-refractivity contribution < 1.29 is 9.18 Å². The zero-order valence-electron chi connectivity index (χ0n) is 19.7. The lowest BCUT2D eigenvalue weighted by Crippen LogP contribution is -2.30. The van der Waals surface area contributed by atoms with Gasteiger partial charge in [0.25, 0.3) is 0 Å². The van der Waals surface area contributed by atoms with E-state index in [1.807, 2.05) is 17.2 Å². The summed E-state index contributed by atoms with van der Waals surface area (Å²) in [5.74, 6) is -0.117. The number of aromatic amines is 1. The summed E-state index contributed by atoms with van der Waals surface area (Å²) in [7, 11) is 0. The van der Waals surface area contributed by atoms with Gasteiger partial charge in [-0.2, -0.15) is 0 Å². The number of nitrogens with zero attached hydrogens (tertiary/aromatic N) is 2. The van der Waals surface area contributed by atoms with Gasteiger partial charge in [-0.25, -0.2) is 4.39 Å². The average Bonchev–Trinajstić information content (AvgIpc) is 3.62. The highest BCUT2D eigenvalue weighted by molar-refractivity contribution is 6.35. The van der Waals surface area contributed by atoms with Crippen molar-refractivity contribution >= 4 is 28.4 Å². The molecule has 0 aliphatic heterocycles. The predicted molar refractivity (Wildman–Crippen MR) is 137 cm³/mol. The van der Waals surface area contributed by atoms with Crippen molar-refractivity contribution in [2.24, 2.45) is 0 Å². The Morgan fingerprint density at radius 1 is 1.11 bits per heavy atom. The molecule has 1 aliphatic carbocycles. The normalized spacial score (nSPS) is 13.3. The average molecular weight is 491 g/mol. The molecule has 1 fully saturated rings. The molecule has 1 saturated carbocycles. The number of benzene rings is 2. The first-order chi connectivity index (χ1) is 17.0. The summed E-state index contributed by atoms with van der Waals surface area (Å²) < 4.78 is 14.4. The summed E-state index contributed by atoms with van der Waals surface area (Å²) in [5.41, 5.74) is 5.67. The molecule has 4 aromatic rings. The van der Waals surface area contributed by atoms with Crippen LogP contribution in [0.5, 0.6) is 0 Å². The second-order valence-corrected chi connectivity index (χ2v) is 9.66. The Hall–Kier alpha value is -3.22.